The molecule has 9 heteroatoms. The van der Waals surface area contributed by atoms with Crippen molar-refractivity contribution < 1.29 is 9.18 Å². The maximum absolute atomic E-state index is 13.0. The molecular weight excluding hydrogens is 476 g/mol. The number of halogens is 3. The molecule has 3 aromatic rings. The minimum absolute atomic E-state index is 0. The molecule has 0 saturated carbocycles. The molecule has 0 unspecified atom stereocenters. The Hall–Kier alpha value is -1.38. The summed E-state index contributed by atoms with van der Waals surface area (Å²) in [6.07, 6.45) is 2.08. The summed E-state index contributed by atoms with van der Waals surface area (Å²) in [4.78, 5) is 22.6. The van der Waals surface area contributed by atoms with E-state index in [-0.39, 0.29) is 24.1 Å². The van der Waals surface area contributed by atoms with Crippen LogP contribution in [0.4, 0.5) is 9.52 Å². The third kappa shape index (κ3) is 7.91. The molecule has 4 nitrogen and oxygen atoms in total. The molecule has 168 valence electrons. The van der Waals surface area contributed by atoms with Crippen LogP contribution in [0.25, 0.3) is 10.2 Å². The summed E-state index contributed by atoms with van der Waals surface area (Å²) in [6.45, 7) is 1.54. The van der Waals surface area contributed by atoms with E-state index in [0.29, 0.717) is 18.0 Å². The van der Waals surface area contributed by atoms with Gasteiger partial charge in [-0.25, -0.2) is 9.37 Å². The van der Waals surface area contributed by atoms with Crippen LogP contribution >= 0.6 is 47.1 Å². The molecule has 0 spiro atoms. The largest absolute Gasteiger partial charge is 0.309 e. The molecule has 0 bridgehead atoms. The maximum Gasteiger partial charge on any atom is 0.228 e. The number of anilines is 1. The number of benzene rings is 2. The fraction of sp³-hybridized carbons (Fsp3) is 0.364. The number of fused-ring (bicyclic) bond motifs is 1. The molecule has 2 aromatic carbocycles. The van der Waals surface area contributed by atoms with Gasteiger partial charge in [-0.3, -0.25) is 9.69 Å². The molecule has 3 rings (SSSR count). The molecule has 1 heterocycles. The first kappa shape index (κ1) is 25.9. The Bertz CT molecular complexity index is 983. The van der Waals surface area contributed by atoms with E-state index in [9.17, 15) is 9.18 Å². The monoisotopic (exact) mass is 501 g/mol. The number of aromatic nitrogens is 1. The van der Waals surface area contributed by atoms with E-state index in [1.54, 1.807) is 23.9 Å². The smallest absolute Gasteiger partial charge is 0.228 e. The number of hydrogen-bond acceptors (Lipinski definition) is 5. The number of thiazole rings is 1. The van der Waals surface area contributed by atoms with Gasteiger partial charge in [0.05, 0.1) is 10.2 Å². The van der Waals surface area contributed by atoms with Gasteiger partial charge in [0, 0.05) is 22.9 Å². The van der Waals surface area contributed by atoms with Gasteiger partial charge >= 0.3 is 0 Å². The number of rotatable bonds is 10. The lowest BCUT2D eigenvalue weighted by molar-refractivity contribution is -0.118. The summed E-state index contributed by atoms with van der Waals surface area (Å²) < 4.78 is 14.0. The minimum atomic E-state index is -0.236. The number of carbonyl (C=O) groups is 1. The third-order valence-corrected chi connectivity index (χ3v) is 6.85. The van der Waals surface area contributed by atoms with E-state index in [1.165, 1.54) is 23.5 Å². The lowest BCUT2D eigenvalue weighted by atomic mass is 10.3. The highest BCUT2D eigenvalue weighted by molar-refractivity contribution is 7.99. The first-order valence-corrected chi connectivity index (χ1v) is 12.0. The second kappa shape index (κ2) is 12.6. The normalized spacial score (nSPS) is 11.0. The SMILES string of the molecule is CN(C)CCCN(C(=O)CCCSc1ccc(F)cc1)c1nc2ccc(Cl)cc2s1.Cl. The van der Waals surface area contributed by atoms with Gasteiger partial charge in [0.2, 0.25) is 5.91 Å². The Kier molecular flexibility index (Phi) is 10.5. The molecule has 0 saturated heterocycles. The quantitative estimate of drug-likeness (QED) is 0.239. The van der Waals surface area contributed by atoms with Crippen molar-refractivity contribution in [3.63, 3.8) is 0 Å². The third-order valence-electron chi connectivity index (χ3n) is 4.48. The van der Waals surface area contributed by atoms with Crippen LogP contribution in [0.2, 0.25) is 5.02 Å². The summed E-state index contributed by atoms with van der Waals surface area (Å²) in [5.74, 6) is 0.650. The molecule has 0 N–H and O–H groups in total. The average Bonchev–Trinajstić information content (AvgIpc) is 3.12. The second-order valence-electron chi connectivity index (χ2n) is 7.22. The van der Waals surface area contributed by atoms with Crippen LogP contribution in [0.5, 0.6) is 0 Å². The summed E-state index contributed by atoms with van der Waals surface area (Å²) >= 11 is 9.24. The second-order valence-corrected chi connectivity index (χ2v) is 9.83. The van der Waals surface area contributed by atoms with Crippen molar-refractivity contribution in [3.8, 4) is 0 Å². The molecule has 1 aromatic heterocycles. The summed E-state index contributed by atoms with van der Waals surface area (Å²) in [5.41, 5.74) is 0.858. The van der Waals surface area contributed by atoms with Gasteiger partial charge in [-0.2, -0.15) is 0 Å². The molecule has 1 amide bonds. The number of amides is 1. The predicted molar refractivity (Wildman–Crippen MR) is 134 cm³/mol. The Morgan fingerprint density at radius 3 is 2.58 bits per heavy atom. The highest BCUT2D eigenvalue weighted by atomic mass is 35.5. The highest BCUT2D eigenvalue weighted by Gasteiger charge is 2.19. The van der Waals surface area contributed by atoms with Crippen LogP contribution in [0.1, 0.15) is 19.3 Å². The zero-order valence-corrected chi connectivity index (χ0v) is 20.7. The van der Waals surface area contributed by atoms with Crippen molar-refractivity contribution in [2.45, 2.75) is 24.2 Å². The summed E-state index contributed by atoms with van der Waals surface area (Å²) in [5, 5.41) is 1.39. The van der Waals surface area contributed by atoms with Crippen LogP contribution < -0.4 is 4.90 Å². The summed E-state index contributed by atoms with van der Waals surface area (Å²) in [6, 6.07) is 12.0. The summed E-state index contributed by atoms with van der Waals surface area (Å²) in [7, 11) is 4.05. The fourth-order valence-corrected chi connectivity index (χ4v) is 5.09. The minimum Gasteiger partial charge on any atom is -0.309 e. The van der Waals surface area contributed by atoms with Gasteiger partial charge in [-0.1, -0.05) is 22.9 Å². The molecular formula is C22H26Cl2FN3OS2. The van der Waals surface area contributed by atoms with Crippen LogP contribution in [-0.2, 0) is 4.79 Å². The molecule has 0 atom stereocenters. The van der Waals surface area contributed by atoms with Crippen molar-refractivity contribution in [1.29, 1.82) is 0 Å². The Morgan fingerprint density at radius 2 is 1.87 bits per heavy atom. The molecule has 0 aliphatic carbocycles. The zero-order valence-electron chi connectivity index (χ0n) is 17.5. The van der Waals surface area contributed by atoms with Crippen molar-refractivity contribution in [2.75, 3.05) is 37.8 Å². The standard InChI is InChI=1S/C22H25ClFN3OS2.ClH/c1-26(2)12-4-13-27(22-25-19-11-6-16(23)15-20(19)30-22)21(28)5-3-14-29-18-9-7-17(24)8-10-18;/h6-11,15H,3-5,12-14H2,1-2H3;1H. The van der Waals surface area contributed by atoms with Gasteiger partial charge in [0.1, 0.15) is 5.82 Å². The Balaban J connectivity index is 0.00000341. The van der Waals surface area contributed by atoms with Crippen LogP contribution in [0.3, 0.4) is 0 Å². The average molecular weight is 503 g/mol. The lowest BCUT2D eigenvalue weighted by Crippen LogP contribution is -2.33. The van der Waals surface area contributed by atoms with E-state index < -0.39 is 0 Å². The molecule has 0 aliphatic rings. The Morgan fingerprint density at radius 1 is 1.13 bits per heavy atom. The van der Waals surface area contributed by atoms with Gasteiger partial charge in [-0.05, 0) is 81.7 Å². The Labute approximate surface area is 202 Å². The maximum atomic E-state index is 13.0. The molecule has 0 fully saturated rings. The first-order chi connectivity index (χ1) is 14.4. The van der Waals surface area contributed by atoms with Crippen LogP contribution in [0.15, 0.2) is 47.4 Å². The van der Waals surface area contributed by atoms with E-state index in [1.807, 2.05) is 37.2 Å². The molecule has 0 aliphatic heterocycles. The zero-order chi connectivity index (χ0) is 21.5. The van der Waals surface area contributed by atoms with E-state index in [0.717, 1.165) is 45.4 Å². The van der Waals surface area contributed by atoms with E-state index in [2.05, 4.69) is 9.88 Å². The van der Waals surface area contributed by atoms with Crippen LogP contribution in [-0.4, -0.2) is 48.7 Å². The first-order valence-electron chi connectivity index (χ1n) is 9.82. The van der Waals surface area contributed by atoms with Crippen molar-refractivity contribution in [2.24, 2.45) is 0 Å². The van der Waals surface area contributed by atoms with E-state index in [4.69, 9.17) is 11.6 Å². The fourth-order valence-electron chi connectivity index (χ4n) is 2.95. The van der Waals surface area contributed by atoms with Gasteiger partial charge < -0.3 is 4.90 Å². The topological polar surface area (TPSA) is 36.4 Å². The van der Waals surface area contributed by atoms with E-state index >= 15 is 0 Å². The molecule has 0 radical (unpaired) electrons. The number of nitrogens with zero attached hydrogens (tertiary/aromatic N) is 3. The van der Waals surface area contributed by atoms with Crippen molar-refractivity contribution >= 4 is 68.4 Å². The lowest BCUT2D eigenvalue weighted by Gasteiger charge is -2.21. The highest BCUT2D eigenvalue weighted by Crippen LogP contribution is 2.31. The van der Waals surface area contributed by atoms with Crippen LogP contribution in [0, 0.1) is 5.82 Å². The molecule has 31 heavy (non-hydrogen) atoms. The van der Waals surface area contributed by atoms with Gasteiger partial charge in [0.15, 0.2) is 5.13 Å². The van der Waals surface area contributed by atoms with Crippen molar-refractivity contribution in [1.82, 2.24) is 9.88 Å². The predicted octanol–water partition coefficient (Wildman–Crippen LogP) is 6.37. The van der Waals surface area contributed by atoms with Crippen molar-refractivity contribution in [3.05, 3.63) is 53.3 Å². The van der Waals surface area contributed by atoms with Gasteiger partial charge in [-0.15, -0.1) is 24.2 Å². The number of thioether (sulfide) groups is 1. The number of carbonyl (C=O) groups excluding carboxylic acids is 1. The number of hydrogen-bond donors (Lipinski definition) is 0. The van der Waals surface area contributed by atoms with Gasteiger partial charge in [0.25, 0.3) is 0 Å².